The molecule has 1 saturated heterocycles. The van der Waals surface area contributed by atoms with E-state index >= 15 is 0 Å². The Morgan fingerprint density at radius 2 is 2.04 bits per heavy atom. The molecule has 1 unspecified atom stereocenters. The van der Waals surface area contributed by atoms with Crippen LogP contribution in [-0.4, -0.2) is 41.7 Å². The number of aliphatic hydroxyl groups is 1. The third-order valence-corrected chi connectivity index (χ3v) is 6.21. The smallest absolute Gasteiger partial charge is 0.132 e. The lowest BCUT2D eigenvalue weighted by molar-refractivity contribution is 0.257. The van der Waals surface area contributed by atoms with E-state index in [1.807, 2.05) is 11.8 Å². The highest BCUT2D eigenvalue weighted by molar-refractivity contribution is 8.03. The average Bonchev–Trinajstić information content (AvgIpc) is 2.90. The van der Waals surface area contributed by atoms with Crippen molar-refractivity contribution in [1.82, 2.24) is 15.5 Å². The number of allylic oxidation sites excluding steroid dienone is 5. The Bertz CT molecular complexity index is 700. The molecule has 5 heteroatoms. The summed E-state index contributed by atoms with van der Waals surface area (Å²) < 4.78 is 0. The van der Waals surface area contributed by atoms with Crippen molar-refractivity contribution < 1.29 is 5.11 Å². The van der Waals surface area contributed by atoms with Gasteiger partial charge in [0.25, 0.3) is 0 Å². The van der Waals surface area contributed by atoms with Gasteiger partial charge in [0.15, 0.2) is 0 Å². The Balaban J connectivity index is 1.85. The van der Waals surface area contributed by atoms with Crippen LogP contribution in [0.3, 0.4) is 0 Å². The van der Waals surface area contributed by atoms with Gasteiger partial charge in [-0.25, -0.2) is 0 Å². The molecule has 0 saturated carbocycles. The van der Waals surface area contributed by atoms with Crippen LogP contribution in [0.25, 0.3) is 0 Å². The summed E-state index contributed by atoms with van der Waals surface area (Å²) in [5, 5.41) is 16.9. The molecule has 0 radical (unpaired) electrons. The molecule has 0 spiro atoms. The number of thioether (sulfide) groups is 1. The van der Waals surface area contributed by atoms with Crippen LogP contribution in [0.4, 0.5) is 0 Å². The van der Waals surface area contributed by atoms with Crippen molar-refractivity contribution in [3.8, 4) is 0 Å². The molecule has 0 bridgehead atoms. The Hall–Kier alpha value is -1.69. The van der Waals surface area contributed by atoms with E-state index in [-0.39, 0.29) is 5.50 Å². The molecular weight excluding hydrogens is 354 g/mol. The Morgan fingerprint density at radius 3 is 2.78 bits per heavy atom. The molecule has 1 fully saturated rings. The molecule has 1 atom stereocenters. The van der Waals surface area contributed by atoms with Crippen LogP contribution >= 0.6 is 11.8 Å². The minimum Gasteiger partial charge on any atom is -0.513 e. The molecule has 2 aliphatic rings. The van der Waals surface area contributed by atoms with E-state index in [0.717, 1.165) is 39.0 Å². The van der Waals surface area contributed by atoms with E-state index < -0.39 is 0 Å². The van der Waals surface area contributed by atoms with Gasteiger partial charge in [0.2, 0.25) is 0 Å². The quantitative estimate of drug-likeness (QED) is 0.507. The maximum absolute atomic E-state index is 9.59. The van der Waals surface area contributed by atoms with Gasteiger partial charge >= 0.3 is 0 Å². The summed E-state index contributed by atoms with van der Waals surface area (Å²) in [7, 11) is 0. The number of hydrogen-bond acceptors (Lipinski definition) is 5. The first-order valence-electron chi connectivity index (χ1n) is 9.89. The summed E-state index contributed by atoms with van der Waals surface area (Å²) in [6.45, 7) is 8.22. The fourth-order valence-electron chi connectivity index (χ4n) is 3.48. The normalized spacial score (nSPS) is 22.7. The summed E-state index contributed by atoms with van der Waals surface area (Å²) in [6.07, 6.45) is 6.90. The summed E-state index contributed by atoms with van der Waals surface area (Å²) in [4.78, 5) is 3.93. The Morgan fingerprint density at radius 1 is 1.22 bits per heavy atom. The molecule has 0 amide bonds. The highest BCUT2D eigenvalue weighted by atomic mass is 32.2. The monoisotopic (exact) mass is 385 g/mol. The molecule has 3 N–H and O–H groups in total. The molecule has 3 rings (SSSR count). The van der Waals surface area contributed by atoms with E-state index in [1.54, 1.807) is 13.0 Å². The minimum atomic E-state index is 0.285. The van der Waals surface area contributed by atoms with Crippen molar-refractivity contribution in [3.05, 3.63) is 70.0 Å². The fraction of sp³-hybridized carbons (Fsp3) is 0.455. The zero-order valence-electron chi connectivity index (χ0n) is 16.4. The van der Waals surface area contributed by atoms with Crippen LogP contribution in [-0.2, 0) is 6.42 Å². The molecule has 2 aliphatic heterocycles. The summed E-state index contributed by atoms with van der Waals surface area (Å²) in [5.74, 6) is 0.340. The number of nitrogens with zero attached hydrogens (tertiary/aromatic N) is 1. The molecular formula is C22H31N3OS. The van der Waals surface area contributed by atoms with Gasteiger partial charge in [-0.3, -0.25) is 4.90 Å². The number of aliphatic hydroxyl groups excluding tert-OH is 1. The van der Waals surface area contributed by atoms with Gasteiger partial charge in [0.05, 0.1) is 5.76 Å². The van der Waals surface area contributed by atoms with Gasteiger partial charge in [-0.2, -0.15) is 0 Å². The zero-order chi connectivity index (χ0) is 19.1. The molecule has 1 aromatic carbocycles. The Kier molecular flexibility index (Phi) is 7.44. The van der Waals surface area contributed by atoms with Gasteiger partial charge in [-0.1, -0.05) is 55.1 Å². The molecule has 2 heterocycles. The SMILES string of the molecule is CC/C(=C\C=C(/C)O)C1=C(Cc2ccccc2)SC(N2CCCNCC2)N1. The van der Waals surface area contributed by atoms with E-state index in [1.165, 1.54) is 28.2 Å². The van der Waals surface area contributed by atoms with Crippen molar-refractivity contribution in [1.29, 1.82) is 0 Å². The van der Waals surface area contributed by atoms with Crippen molar-refractivity contribution >= 4 is 11.8 Å². The summed E-state index contributed by atoms with van der Waals surface area (Å²) >= 11 is 1.95. The van der Waals surface area contributed by atoms with Crippen LogP contribution in [0.15, 0.2) is 64.4 Å². The molecule has 4 nitrogen and oxygen atoms in total. The molecule has 1 aromatic rings. The van der Waals surface area contributed by atoms with Crippen molar-refractivity contribution in [2.24, 2.45) is 0 Å². The second-order valence-electron chi connectivity index (χ2n) is 7.07. The number of nitrogens with one attached hydrogen (secondary N) is 2. The highest BCUT2D eigenvalue weighted by Crippen LogP contribution is 2.38. The van der Waals surface area contributed by atoms with Gasteiger partial charge in [0.1, 0.15) is 5.50 Å². The minimum absolute atomic E-state index is 0.285. The van der Waals surface area contributed by atoms with Crippen molar-refractivity contribution in [2.45, 2.75) is 38.6 Å². The second kappa shape index (κ2) is 10.0. The van der Waals surface area contributed by atoms with Gasteiger partial charge in [-0.15, -0.1) is 0 Å². The maximum Gasteiger partial charge on any atom is 0.132 e. The first-order chi connectivity index (χ1) is 13.2. The van der Waals surface area contributed by atoms with Crippen LogP contribution in [0.1, 0.15) is 32.3 Å². The molecule has 0 aliphatic carbocycles. The average molecular weight is 386 g/mol. The fourth-order valence-corrected chi connectivity index (χ4v) is 4.84. The largest absolute Gasteiger partial charge is 0.513 e. The van der Waals surface area contributed by atoms with Crippen LogP contribution in [0.2, 0.25) is 0 Å². The standard InChI is InChI=1S/C22H31N3OS/c1-3-19(11-10-17(2)26)21-20(16-18-8-5-4-6-9-18)27-22(24-21)25-14-7-12-23-13-15-25/h4-6,8-11,22-24,26H,3,7,12-16H2,1-2H3/b17-10+,19-11+. The lowest BCUT2D eigenvalue weighted by Gasteiger charge is -2.27. The van der Waals surface area contributed by atoms with Gasteiger partial charge < -0.3 is 15.7 Å². The van der Waals surface area contributed by atoms with Crippen molar-refractivity contribution in [2.75, 3.05) is 26.2 Å². The second-order valence-corrected chi connectivity index (χ2v) is 8.24. The predicted octanol–water partition coefficient (Wildman–Crippen LogP) is 4.15. The van der Waals surface area contributed by atoms with Gasteiger partial charge in [-0.05, 0) is 43.5 Å². The predicted molar refractivity (Wildman–Crippen MR) is 116 cm³/mol. The topological polar surface area (TPSA) is 47.5 Å². The lowest BCUT2D eigenvalue weighted by atomic mass is 10.1. The lowest BCUT2D eigenvalue weighted by Crippen LogP contribution is -2.42. The first kappa shape index (κ1) is 20.1. The number of rotatable bonds is 6. The van der Waals surface area contributed by atoms with Crippen LogP contribution in [0.5, 0.6) is 0 Å². The summed E-state index contributed by atoms with van der Waals surface area (Å²) in [6, 6.07) is 10.7. The molecule has 146 valence electrons. The van der Waals surface area contributed by atoms with Crippen LogP contribution in [0, 0.1) is 0 Å². The Labute approximate surface area is 167 Å². The van der Waals surface area contributed by atoms with E-state index in [0.29, 0.717) is 5.76 Å². The first-order valence-corrected chi connectivity index (χ1v) is 10.8. The number of hydrogen-bond donors (Lipinski definition) is 3. The van der Waals surface area contributed by atoms with E-state index in [9.17, 15) is 5.11 Å². The zero-order valence-corrected chi connectivity index (χ0v) is 17.2. The van der Waals surface area contributed by atoms with E-state index in [4.69, 9.17) is 0 Å². The maximum atomic E-state index is 9.59. The number of benzene rings is 1. The third-order valence-electron chi connectivity index (χ3n) is 4.94. The highest BCUT2D eigenvalue weighted by Gasteiger charge is 2.30. The molecule has 27 heavy (non-hydrogen) atoms. The third kappa shape index (κ3) is 5.64. The van der Waals surface area contributed by atoms with Crippen LogP contribution < -0.4 is 10.6 Å². The van der Waals surface area contributed by atoms with Crippen molar-refractivity contribution in [3.63, 3.8) is 0 Å². The molecule has 0 aromatic heterocycles. The summed E-state index contributed by atoms with van der Waals surface area (Å²) in [5.41, 5.74) is 4.11. The van der Waals surface area contributed by atoms with Gasteiger partial charge in [0, 0.05) is 36.7 Å². The van der Waals surface area contributed by atoms with E-state index in [2.05, 4.69) is 58.9 Å².